The van der Waals surface area contributed by atoms with Gasteiger partial charge in [0.25, 0.3) is 0 Å². The molecule has 0 saturated heterocycles. The van der Waals surface area contributed by atoms with Crippen molar-refractivity contribution in [2.75, 3.05) is 0 Å². The second kappa shape index (κ2) is 7.66. The van der Waals surface area contributed by atoms with Crippen molar-refractivity contribution in [2.24, 2.45) is 10.5 Å². The van der Waals surface area contributed by atoms with Crippen LogP contribution in [-0.2, 0) is 16.1 Å². The van der Waals surface area contributed by atoms with Crippen molar-refractivity contribution in [3.05, 3.63) is 58.5 Å². The lowest BCUT2D eigenvalue weighted by Gasteiger charge is -2.25. The molecule has 22 heavy (non-hydrogen) atoms. The summed E-state index contributed by atoms with van der Waals surface area (Å²) in [7, 11) is 0. The maximum absolute atomic E-state index is 12.6. The highest BCUT2D eigenvalue weighted by Crippen LogP contribution is 2.44. The first-order chi connectivity index (χ1) is 10.7. The van der Waals surface area contributed by atoms with Gasteiger partial charge in [-0.05, 0) is 43.7 Å². The van der Waals surface area contributed by atoms with Crippen molar-refractivity contribution in [1.29, 1.82) is 0 Å². The number of nitrogens with zero attached hydrogens (tertiary/aromatic N) is 3. The molecule has 5 heteroatoms. The van der Waals surface area contributed by atoms with E-state index in [1.807, 2.05) is 49.4 Å². The molecule has 1 aromatic carbocycles. The summed E-state index contributed by atoms with van der Waals surface area (Å²) in [5, 5.41) is 3.78. The van der Waals surface area contributed by atoms with Crippen LogP contribution in [0.15, 0.2) is 47.6 Å². The van der Waals surface area contributed by atoms with E-state index in [0.717, 1.165) is 12.0 Å². The summed E-state index contributed by atoms with van der Waals surface area (Å²) < 4.78 is 5.53. The number of hydrogen-bond donors (Lipinski definition) is 0. The van der Waals surface area contributed by atoms with Gasteiger partial charge in [0.2, 0.25) is 0 Å². The van der Waals surface area contributed by atoms with Gasteiger partial charge >= 0.3 is 5.97 Å². The molecule has 1 aliphatic carbocycles. The second-order valence-electron chi connectivity index (χ2n) is 5.72. The molecule has 0 unspecified atom stereocenters. The van der Waals surface area contributed by atoms with E-state index in [2.05, 4.69) is 10.0 Å². The maximum atomic E-state index is 12.6. The van der Waals surface area contributed by atoms with Crippen LogP contribution in [0.4, 0.5) is 0 Å². The van der Waals surface area contributed by atoms with Gasteiger partial charge in [0, 0.05) is 11.0 Å². The average molecular weight is 299 g/mol. The Labute approximate surface area is 130 Å². The molecule has 0 heterocycles. The smallest absolute Gasteiger partial charge is 0.312 e. The summed E-state index contributed by atoms with van der Waals surface area (Å²) in [4.78, 5) is 15.5. The van der Waals surface area contributed by atoms with Gasteiger partial charge in [-0.2, -0.15) is 0 Å². The molecule has 0 aliphatic heterocycles. The van der Waals surface area contributed by atoms with E-state index >= 15 is 0 Å². The van der Waals surface area contributed by atoms with Crippen molar-refractivity contribution in [3.8, 4) is 0 Å². The van der Waals surface area contributed by atoms with E-state index in [9.17, 15) is 4.79 Å². The summed E-state index contributed by atoms with van der Waals surface area (Å²) in [6.07, 6.45) is 6.57. The van der Waals surface area contributed by atoms with Crippen LogP contribution in [0.3, 0.4) is 0 Å². The first-order valence-corrected chi connectivity index (χ1v) is 7.57. The van der Waals surface area contributed by atoms with E-state index < -0.39 is 5.41 Å². The van der Waals surface area contributed by atoms with Crippen LogP contribution in [0.25, 0.3) is 10.4 Å². The topological polar surface area (TPSA) is 75.1 Å². The van der Waals surface area contributed by atoms with Crippen LogP contribution in [0, 0.1) is 5.41 Å². The number of carbonyl (C=O) groups is 1. The van der Waals surface area contributed by atoms with Crippen LogP contribution in [0.2, 0.25) is 0 Å². The fraction of sp³-hybridized carbons (Fsp3) is 0.471. The minimum absolute atomic E-state index is 0.112. The van der Waals surface area contributed by atoms with E-state index in [4.69, 9.17) is 10.3 Å². The quantitative estimate of drug-likeness (QED) is 0.254. The third kappa shape index (κ3) is 3.89. The molecule has 2 atom stereocenters. The molecule has 0 N–H and O–H groups in total. The second-order valence-corrected chi connectivity index (χ2v) is 5.72. The van der Waals surface area contributed by atoms with Gasteiger partial charge in [-0.15, -0.1) is 0 Å². The number of rotatable bonds is 6. The van der Waals surface area contributed by atoms with Crippen LogP contribution >= 0.6 is 0 Å². The molecular weight excluding hydrogens is 278 g/mol. The van der Waals surface area contributed by atoms with E-state index in [1.165, 1.54) is 0 Å². The van der Waals surface area contributed by atoms with Gasteiger partial charge in [0.15, 0.2) is 0 Å². The number of esters is 1. The number of hydrogen-bond acceptors (Lipinski definition) is 3. The summed E-state index contributed by atoms with van der Waals surface area (Å²) >= 11 is 0. The summed E-state index contributed by atoms with van der Waals surface area (Å²) in [6, 6.07) is 9.53. The number of benzene rings is 1. The SMILES string of the molecule is CC=CC[C@]1(C(=O)OCc2ccccc2)CC[C@H](N=[N+]=[N-])C1. The Hall–Kier alpha value is -2.26. The molecular formula is C17H21N3O2. The molecule has 116 valence electrons. The summed E-state index contributed by atoms with van der Waals surface area (Å²) in [5.41, 5.74) is 9.01. The summed E-state index contributed by atoms with van der Waals surface area (Å²) in [5.74, 6) is -0.190. The Kier molecular flexibility index (Phi) is 5.61. The monoisotopic (exact) mass is 299 g/mol. The number of ether oxygens (including phenoxy) is 1. The lowest BCUT2D eigenvalue weighted by atomic mass is 9.82. The normalized spacial score (nSPS) is 24.1. The maximum Gasteiger partial charge on any atom is 0.312 e. The Morgan fingerprint density at radius 3 is 2.95 bits per heavy atom. The fourth-order valence-electron chi connectivity index (χ4n) is 2.94. The number of allylic oxidation sites excluding steroid dienone is 2. The Bertz CT molecular complexity index is 579. The Morgan fingerprint density at radius 1 is 1.50 bits per heavy atom. The highest BCUT2D eigenvalue weighted by atomic mass is 16.5. The highest BCUT2D eigenvalue weighted by Gasteiger charge is 2.45. The molecule has 1 aliphatic rings. The fourth-order valence-corrected chi connectivity index (χ4v) is 2.94. The first kappa shape index (κ1) is 16.1. The molecule has 0 spiro atoms. The minimum atomic E-state index is -0.555. The molecule has 0 amide bonds. The van der Waals surface area contributed by atoms with Crippen LogP contribution < -0.4 is 0 Å². The summed E-state index contributed by atoms with van der Waals surface area (Å²) in [6.45, 7) is 2.21. The average Bonchev–Trinajstić information content (AvgIpc) is 2.96. The molecule has 0 aromatic heterocycles. The third-order valence-corrected chi connectivity index (χ3v) is 4.19. The lowest BCUT2D eigenvalue weighted by molar-refractivity contribution is -0.157. The largest absolute Gasteiger partial charge is 0.460 e. The zero-order valence-corrected chi connectivity index (χ0v) is 12.8. The molecule has 2 rings (SSSR count). The Morgan fingerprint density at radius 2 is 2.27 bits per heavy atom. The van der Waals surface area contributed by atoms with Crippen molar-refractivity contribution in [2.45, 2.75) is 45.3 Å². The van der Waals surface area contributed by atoms with Gasteiger partial charge in [-0.1, -0.05) is 47.6 Å². The van der Waals surface area contributed by atoms with Crippen molar-refractivity contribution in [3.63, 3.8) is 0 Å². The van der Waals surface area contributed by atoms with E-state index in [-0.39, 0.29) is 18.6 Å². The number of carbonyl (C=O) groups excluding carboxylic acids is 1. The highest BCUT2D eigenvalue weighted by molar-refractivity contribution is 5.77. The predicted molar refractivity (Wildman–Crippen MR) is 84.9 cm³/mol. The molecule has 1 saturated carbocycles. The van der Waals surface area contributed by atoms with E-state index in [0.29, 0.717) is 19.3 Å². The van der Waals surface area contributed by atoms with Crippen LogP contribution in [-0.4, -0.2) is 12.0 Å². The molecule has 0 bridgehead atoms. The molecule has 0 radical (unpaired) electrons. The zero-order chi connectivity index (χ0) is 15.8. The van der Waals surface area contributed by atoms with Crippen molar-refractivity contribution in [1.82, 2.24) is 0 Å². The molecule has 1 fully saturated rings. The van der Waals surface area contributed by atoms with Gasteiger partial charge in [0.1, 0.15) is 6.61 Å². The predicted octanol–water partition coefficient (Wildman–Crippen LogP) is 4.55. The first-order valence-electron chi connectivity index (χ1n) is 7.57. The number of azide groups is 1. The zero-order valence-electron chi connectivity index (χ0n) is 12.8. The third-order valence-electron chi connectivity index (χ3n) is 4.19. The van der Waals surface area contributed by atoms with Crippen LogP contribution in [0.5, 0.6) is 0 Å². The molecule has 5 nitrogen and oxygen atoms in total. The Balaban J connectivity index is 2.05. The van der Waals surface area contributed by atoms with Crippen LogP contribution in [0.1, 0.15) is 38.2 Å². The van der Waals surface area contributed by atoms with Gasteiger partial charge < -0.3 is 4.74 Å². The molecule has 1 aromatic rings. The van der Waals surface area contributed by atoms with Crippen molar-refractivity contribution >= 4 is 5.97 Å². The standard InChI is InChI=1S/C17H21N3O2/c1-2-3-10-17(11-9-15(12-17)19-20-18)16(21)22-13-14-7-5-4-6-8-14/h2-8,15H,9-13H2,1H3/t15-,17-/m0/s1. The van der Waals surface area contributed by atoms with Gasteiger partial charge in [-0.3, -0.25) is 4.79 Å². The van der Waals surface area contributed by atoms with Gasteiger partial charge in [-0.25, -0.2) is 0 Å². The van der Waals surface area contributed by atoms with E-state index in [1.54, 1.807) is 0 Å². The minimum Gasteiger partial charge on any atom is -0.460 e. The lowest BCUT2D eigenvalue weighted by Crippen LogP contribution is -2.30. The van der Waals surface area contributed by atoms with Gasteiger partial charge in [0.05, 0.1) is 5.41 Å². The van der Waals surface area contributed by atoms with Crippen molar-refractivity contribution < 1.29 is 9.53 Å².